The van der Waals surface area contributed by atoms with E-state index in [1.165, 1.54) is 0 Å². The summed E-state index contributed by atoms with van der Waals surface area (Å²) in [7, 11) is 0. The maximum absolute atomic E-state index is 13.4. The minimum absolute atomic E-state index is 0.129. The van der Waals surface area contributed by atoms with Crippen LogP contribution in [-0.4, -0.2) is 22.2 Å². The van der Waals surface area contributed by atoms with Gasteiger partial charge in [0.2, 0.25) is 0 Å². The molecule has 0 fully saturated rings. The number of nitrogens with zero attached hydrogens (tertiary/aromatic N) is 1. The van der Waals surface area contributed by atoms with Gasteiger partial charge in [-0.05, 0) is 41.8 Å². The number of benzene rings is 1. The second-order valence-electron chi connectivity index (χ2n) is 5.89. The number of hydrogen-bond acceptors (Lipinski definition) is 2. The van der Waals surface area contributed by atoms with Crippen LogP contribution >= 0.6 is 11.6 Å². The van der Waals surface area contributed by atoms with Crippen molar-refractivity contribution in [2.75, 3.05) is 0 Å². The van der Waals surface area contributed by atoms with Crippen LogP contribution in [0.15, 0.2) is 42.7 Å². The minimum Gasteiger partial charge on any atom is -0.357 e. The first-order valence-electron chi connectivity index (χ1n) is 7.46. The largest absolute Gasteiger partial charge is 0.404 e. The Labute approximate surface area is 140 Å². The fourth-order valence-electron chi connectivity index (χ4n) is 3.27. The summed E-state index contributed by atoms with van der Waals surface area (Å²) >= 11 is 6.04. The van der Waals surface area contributed by atoms with E-state index in [4.69, 9.17) is 11.6 Å². The first-order chi connectivity index (χ1) is 11.4. The van der Waals surface area contributed by atoms with E-state index in [0.717, 1.165) is 16.6 Å². The number of hydrogen-bond donors (Lipinski definition) is 2. The molecular weight excluding hydrogens is 339 g/mol. The Morgan fingerprint density at radius 2 is 2.04 bits per heavy atom. The van der Waals surface area contributed by atoms with Crippen molar-refractivity contribution in [3.05, 3.63) is 64.6 Å². The molecule has 124 valence electrons. The van der Waals surface area contributed by atoms with Crippen LogP contribution in [0, 0.1) is 0 Å². The molecule has 0 radical (unpaired) electrons. The van der Waals surface area contributed by atoms with Gasteiger partial charge in [-0.25, -0.2) is 0 Å². The van der Waals surface area contributed by atoms with E-state index in [-0.39, 0.29) is 6.42 Å². The molecule has 0 unspecified atom stereocenters. The van der Waals surface area contributed by atoms with Crippen molar-refractivity contribution >= 4 is 22.5 Å². The van der Waals surface area contributed by atoms with Gasteiger partial charge in [0.05, 0.1) is 6.04 Å². The highest BCUT2D eigenvalue weighted by Gasteiger charge is 2.45. The van der Waals surface area contributed by atoms with E-state index in [1.54, 1.807) is 42.7 Å². The van der Waals surface area contributed by atoms with Crippen LogP contribution in [0.2, 0.25) is 5.02 Å². The Morgan fingerprint density at radius 3 is 2.75 bits per heavy atom. The van der Waals surface area contributed by atoms with E-state index >= 15 is 0 Å². The molecule has 3 heterocycles. The van der Waals surface area contributed by atoms with Crippen LogP contribution in [0.4, 0.5) is 13.2 Å². The fraction of sp³-hybridized carbons (Fsp3) is 0.235. The molecule has 2 atom stereocenters. The van der Waals surface area contributed by atoms with Crippen molar-refractivity contribution in [1.29, 1.82) is 0 Å². The molecule has 24 heavy (non-hydrogen) atoms. The Hall–Kier alpha value is -2.05. The van der Waals surface area contributed by atoms with Gasteiger partial charge in [0.25, 0.3) is 0 Å². The molecule has 4 rings (SSSR count). The number of rotatable bonds is 1. The molecule has 2 aromatic heterocycles. The van der Waals surface area contributed by atoms with Crippen LogP contribution in [0.3, 0.4) is 0 Å². The van der Waals surface area contributed by atoms with Gasteiger partial charge >= 0.3 is 6.18 Å². The maximum Gasteiger partial charge on any atom is 0.404 e. The van der Waals surface area contributed by atoms with Gasteiger partial charge in [-0.3, -0.25) is 10.3 Å². The molecule has 0 saturated heterocycles. The number of nitrogens with one attached hydrogen (secondary N) is 2. The van der Waals surface area contributed by atoms with Gasteiger partial charge in [0.1, 0.15) is 6.04 Å². The quantitative estimate of drug-likeness (QED) is 0.683. The second kappa shape index (κ2) is 5.50. The summed E-state index contributed by atoms with van der Waals surface area (Å²) in [5.41, 5.74) is 2.86. The summed E-state index contributed by atoms with van der Waals surface area (Å²) < 4.78 is 40.2. The predicted molar refractivity (Wildman–Crippen MR) is 86.1 cm³/mol. The summed E-state index contributed by atoms with van der Waals surface area (Å²) in [6.45, 7) is 0. The van der Waals surface area contributed by atoms with Gasteiger partial charge in [-0.2, -0.15) is 13.2 Å². The first kappa shape index (κ1) is 15.5. The minimum atomic E-state index is -4.33. The van der Waals surface area contributed by atoms with Crippen LogP contribution < -0.4 is 5.32 Å². The zero-order chi connectivity index (χ0) is 16.9. The van der Waals surface area contributed by atoms with E-state index in [0.29, 0.717) is 16.1 Å². The highest BCUT2D eigenvalue weighted by Crippen LogP contribution is 2.39. The molecule has 1 aliphatic rings. The SMILES string of the molecule is FC(F)(F)[C@H]1Cc2c([nH]c3ccc(Cl)cc23)[C@H](c2cccnc2)N1. The average molecular weight is 352 g/mol. The predicted octanol–water partition coefficient (Wildman–Crippen LogP) is 4.38. The molecule has 3 aromatic rings. The number of fused-ring (bicyclic) bond motifs is 3. The van der Waals surface area contributed by atoms with E-state index in [1.807, 2.05) is 0 Å². The number of H-pyrrole nitrogens is 1. The van der Waals surface area contributed by atoms with Crippen molar-refractivity contribution in [2.45, 2.75) is 24.7 Å². The standard InChI is InChI=1S/C17H13ClF3N3/c18-10-3-4-13-11(6-10)12-7-14(17(19,20)21)24-15(16(12)23-13)9-2-1-5-22-8-9/h1-6,8,14-15,23-24H,7H2/t14-,15+/m1/s1. The summed E-state index contributed by atoms with van der Waals surface area (Å²) in [5, 5.41) is 3.95. The van der Waals surface area contributed by atoms with Gasteiger partial charge in [-0.15, -0.1) is 0 Å². The lowest BCUT2D eigenvalue weighted by molar-refractivity contribution is -0.158. The topological polar surface area (TPSA) is 40.7 Å². The smallest absolute Gasteiger partial charge is 0.357 e. The third-order valence-electron chi connectivity index (χ3n) is 4.38. The Kier molecular flexibility index (Phi) is 3.54. The van der Waals surface area contributed by atoms with E-state index in [9.17, 15) is 13.2 Å². The van der Waals surface area contributed by atoms with Crippen LogP contribution in [0.5, 0.6) is 0 Å². The summed E-state index contributed by atoms with van der Waals surface area (Å²) in [5.74, 6) is 0. The molecular formula is C17H13ClF3N3. The normalized spacial score (nSPS) is 21.0. The highest BCUT2D eigenvalue weighted by atomic mass is 35.5. The summed E-state index contributed by atoms with van der Waals surface area (Å²) in [6.07, 6.45) is -1.28. The zero-order valence-corrected chi connectivity index (χ0v) is 13.1. The molecule has 0 amide bonds. The zero-order valence-electron chi connectivity index (χ0n) is 12.4. The van der Waals surface area contributed by atoms with Crippen molar-refractivity contribution in [3.8, 4) is 0 Å². The van der Waals surface area contributed by atoms with Gasteiger partial charge in [0.15, 0.2) is 0 Å². The van der Waals surface area contributed by atoms with Crippen molar-refractivity contribution < 1.29 is 13.2 Å². The molecule has 0 saturated carbocycles. The third kappa shape index (κ3) is 2.56. The molecule has 1 aliphatic heterocycles. The lowest BCUT2D eigenvalue weighted by Crippen LogP contribution is -2.48. The lowest BCUT2D eigenvalue weighted by atomic mass is 9.90. The third-order valence-corrected chi connectivity index (χ3v) is 4.61. The van der Waals surface area contributed by atoms with E-state index < -0.39 is 18.3 Å². The monoisotopic (exact) mass is 351 g/mol. The molecule has 3 nitrogen and oxygen atoms in total. The van der Waals surface area contributed by atoms with Crippen LogP contribution in [0.1, 0.15) is 22.9 Å². The molecule has 0 spiro atoms. The molecule has 1 aromatic carbocycles. The highest BCUT2D eigenvalue weighted by molar-refractivity contribution is 6.31. The lowest BCUT2D eigenvalue weighted by Gasteiger charge is -2.32. The molecule has 0 bridgehead atoms. The molecule has 2 N–H and O–H groups in total. The number of aromatic amines is 1. The van der Waals surface area contributed by atoms with E-state index in [2.05, 4.69) is 15.3 Å². The Morgan fingerprint density at radius 1 is 1.21 bits per heavy atom. The van der Waals surface area contributed by atoms with Crippen molar-refractivity contribution in [2.24, 2.45) is 0 Å². The summed E-state index contributed by atoms with van der Waals surface area (Å²) in [4.78, 5) is 7.28. The number of halogens is 4. The number of pyridine rings is 1. The number of aromatic nitrogens is 2. The average Bonchev–Trinajstić information content (AvgIpc) is 2.92. The first-order valence-corrected chi connectivity index (χ1v) is 7.84. The Bertz CT molecular complexity index is 889. The van der Waals surface area contributed by atoms with Gasteiger partial charge in [0, 0.05) is 34.0 Å². The van der Waals surface area contributed by atoms with Crippen molar-refractivity contribution in [1.82, 2.24) is 15.3 Å². The fourth-order valence-corrected chi connectivity index (χ4v) is 3.45. The maximum atomic E-state index is 13.4. The molecule has 0 aliphatic carbocycles. The summed E-state index contributed by atoms with van der Waals surface area (Å²) in [6, 6.07) is 6.50. The van der Waals surface area contributed by atoms with Crippen molar-refractivity contribution in [3.63, 3.8) is 0 Å². The van der Waals surface area contributed by atoms with Gasteiger partial charge < -0.3 is 4.98 Å². The van der Waals surface area contributed by atoms with Crippen LogP contribution in [-0.2, 0) is 6.42 Å². The number of alkyl halides is 3. The van der Waals surface area contributed by atoms with Crippen LogP contribution in [0.25, 0.3) is 10.9 Å². The molecule has 7 heteroatoms. The Balaban J connectivity index is 1.91. The van der Waals surface area contributed by atoms with Gasteiger partial charge in [-0.1, -0.05) is 17.7 Å². The second-order valence-corrected chi connectivity index (χ2v) is 6.33.